The number of fused-ring (bicyclic) bond motifs is 2. The lowest BCUT2D eigenvalue weighted by atomic mass is 10.0. The highest BCUT2D eigenvalue weighted by Gasteiger charge is 2.31. The first-order valence-electron chi connectivity index (χ1n) is 5.92. The fourth-order valence-electron chi connectivity index (χ4n) is 2.20. The molecule has 0 bridgehead atoms. The Balaban J connectivity index is 1.72. The maximum Gasteiger partial charge on any atom is 0.713 e. The quantitative estimate of drug-likeness (QED) is 0.757. The van der Waals surface area contributed by atoms with Gasteiger partial charge >= 0.3 is 13.1 Å². The summed E-state index contributed by atoms with van der Waals surface area (Å²) in [6.07, 6.45) is 0. The molecule has 0 amide bonds. The van der Waals surface area contributed by atoms with Crippen LogP contribution in [0.25, 0.3) is 11.1 Å². The van der Waals surface area contributed by atoms with Gasteiger partial charge in [0, 0.05) is 0 Å². The molecule has 0 N–H and O–H groups in total. The summed E-state index contributed by atoms with van der Waals surface area (Å²) in [5.74, 6) is 2.51. The van der Waals surface area contributed by atoms with Gasteiger partial charge in [0.1, 0.15) is 23.0 Å². The van der Waals surface area contributed by atoms with Crippen LogP contribution in [0.5, 0.6) is 23.0 Å². The average molecular weight is 307 g/mol. The molecule has 0 atom stereocenters. The van der Waals surface area contributed by atoms with Crippen molar-refractivity contribution >= 4 is 36.0 Å². The minimum absolute atomic E-state index is 0.621. The van der Waals surface area contributed by atoms with Crippen LogP contribution < -0.4 is 18.6 Å². The zero-order chi connectivity index (χ0) is 13.7. The van der Waals surface area contributed by atoms with Crippen LogP contribution in [-0.2, 0) is 0 Å². The van der Waals surface area contributed by atoms with Crippen molar-refractivity contribution in [3.05, 3.63) is 36.4 Å². The van der Waals surface area contributed by atoms with E-state index in [4.69, 9.17) is 41.5 Å². The van der Waals surface area contributed by atoms with Crippen molar-refractivity contribution in [2.24, 2.45) is 0 Å². The Labute approximate surface area is 125 Å². The van der Waals surface area contributed by atoms with Gasteiger partial charge in [0.25, 0.3) is 0 Å². The first-order chi connectivity index (χ1) is 9.69. The van der Waals surface area contributed by atoms with Crippen LogP contribution in [-0.4, -0.2) is 13.1 Å². The second-order valence-electron chi connectivity index (χ2n) is 4.34. The first-order valence-corrected chi connectivity index (χ1v) is 6.79. The van der Waals surface area contributed by atoms with Gasteiger partial charge in [-0.2, -0.15) is 0 Å². The van der Waals surface area contributed by atoms with Gasteiger partial charge in [0.2, 0.25) is 0 Å². The Bertz CT molecular complexity index is 638. The van der Waals surface area contributed by atoms with Gasteiger partial charge in [0.05, 0.1) is 0 Å². The fourth-order valence-corrected chi connectivity index (χ4v) is 2.59. The van der Waals surface area contributed by atoms with E-state index in [2.05, 4.69) is 0 Å². The number of hydrogen-bond acceptors (Lipinski definition) is 4. The maximum atomic E-state index is 5.77. The van der Waals surface area contributed by atoms with E-state index in [-0.39, 0.29) is 0 Å². The first kappa shape index (κ1) is 12.1. The number of rotatable bonds is 1. The molecule has 98 valence electrons. The van der Waals surface area contributed by atoms with E-state index in [1.54, 1.807) is 0 Å². The standard InChI is InChI=1S/C12H6B2Cl2O4/c15-13-17-9-3-1-7(5-11(9)19-13)8-2-4-10-12(6-8)20-14(16)18-10/h1-6H. The van der Waals surface area contributed by atoms with Crippen LogP contribution in [0, 0.1) is 0 Å². The second kappa shape index (κ2) is 4.43. The molecule has 0 aromatic heterocycles. The van der Waals surface area contributed by atoms with Crippen molar-refractivity contribution in [3.63, 3.8) is 0 Å². The minimum Gasteiger partial charge on any atom is -0.510 e. The lowest BCUT2D eigenvalue weighted by molar-refractivity contribution is 0.528. The molecule has 0 radical (unpaired) electrons. The highest BCUT2D eigenvalue weighted by molar-refractivity contribution is 7.00. The van der Waals surface area contributed by atoms with E-state index in [1.807, 2.05) is 36.4 Å². The molecule has 0 fully saturated rings. The lowest BCUT2D eigenvalue weighted by Crippen LogP contribution is -2.15. The molecular formula is C12H6B2Cl2O4. The predicted octanol–water partition coefficient (Wildman–Crippen LogP) is 3.34. The van der Waals surface area contributed by atoms with Crippen molar-refractivity contribution in [1.29, 1.82) is 0 Å². The largest absolute Gasteiger partial charge is 0.713 e. The van der Waals surface area contributed by atoms with Crippen LogP contribution in [0.3, 0.4) is 0 Å². The van der Waals surface area contributed by atoms with E-state index >= 15 is 0 Å². The van der Waals surface area contributed by atoms with Crippen LogP contribution >= 0.6 is 22.9 Å². The third kappa shape index (κ3) is 1.96. The number of benzene rings is 2. The van der Waals surface area contributed by atoms with Crippen LogP contribution in [0.1, 0.15) is 0 Å². The molecule has 4 nitrogen and oxygen atoms in total. The van der Waals surface area contributed by atoms with Crippen molar-refractivity contribution in [2.75, 3.05) is 0 Å². The van der Waals surface area contributed by atoms with Crippen molar-refractivity contribution < 1.29 is 18.6 Å². The zero-order valence-corrected chi connectivity index (χ0v) is 11.5. The van der Waals surface area contributed by atoms with Gasteiger partial charge in [-0.25, -0.2) is 0 Å². The van der Waals surface area contributed by atoms with E-state index in [0.29, 0.717) is 23.0 Å². The van der Waals surface area contributed by atoms with E-state index in [0.717, 1.165) is 11.1 Å². The Hall–Kier alpha value is -1.65. The molecule has 0 aliphatic carbocycles. The summed E-state index contributed by atoms with van der Waals surface area (Å²) in [6.45, 7) is -1.54. The molecule has 0 spiro atoms. The molecule has 8 heteroatoms. The average Bonchev–Trinajstić information content (AvgIpc) is 2.97. The summed E-state index contributed by atoms with van der Waals surface area (Å²) in [7, 11) is 0. The van der Waals surface area contributed by atoms with Gasteiger partial charge in [0.15, 0.2) is 0 Å². The van der Waals surface area contributed by atoms with Gasteiger partial charge in [-0.05, 0) is 35.4 Å². The lowest BCUT2D eigenvalue weighted by Gasteiger charge is -2.05. The smallest absolute Gasteiger partial charge is 0.510 e. The van der Waals surface area contributed by atoms with E-state index in [9.17, 15) is 0 Å². The summed E-state index contributed by atoms with van der Waals surface area (Å²) >= 11 is 11.5. The summed E-state index contributed by atoms with van der Waals surface area (Å²) in [5, 5.41) is 0. The Morgan fingerprint density at radius 3 is 1.45 bits per heavy atom. The van der Waals surface area contributed by atoms with Gasteiger partial charge < -0.3 is 18.6 Å². The summed E-state index contributed by atoms with van der Waals surface area (Å²) in [4.78, 5) is 0. The zero-order valence-electron chi connectivity index (χ0n) is 10.0. The monoisotopic (exact) mass is 306 g/mol. The van der Waals surface area contributed by atoms with Crippen molar-refractivity contribution in [3.8, 4) is 34.1 Å². The molecule has 0 unspecified atom stereocenters. The van der Waals surface area contributed by atoms with Gasteiger partial charge in [-0.15, -0.1) is 0 Å². The van der Waals surface area contributed by atoms with Crippen LogP contribution in [0.15, 0.2) is 36.4 Å². The highest BCUT2D eigenvalue weighted by atomic mass is 35.5. The van der Waals surface area contributed by atoms with Crippen LogP contribution in [0.2, 0.25) is 0 Å². The van der Waals surface area contributed by atoms with Gasteiger partial charge in [-0.1, -0.05) is 35.1 Å². The molecule has 2 heterocycles. The molecule has 20 heavy (non-hydrogen) atoms. The van der Waals surface area contributed by atoms with Gasteiger partial charge in [-0.3, -0.25) is 0 Å². The topological polar surface area (TPSA) is 36.9 Å². The summed E-state index contributed by atoms with van der Waals surface area (Å²) in [6, 6.07) is 11.2. The highest BCUT2D eigenvalue weighted by Crippen LogP contribution is 2.41. The SMILES string of the molecule is ClB1Oc2ccc(-c3ccc4c(c3)OB(Cl)O4)cc2O1. The third-order valence-corrected chi connectivity index (χ3v) is 3.46. The summed E-state index contributed by atoms with van der Waals surface area (Å²) < 4.78 is 21.2. The minimum atomic E-state index is -0.769. The number of hydrogen-bond donors (Lipinski definition) is 0. The molecule has 2 aliphatic heterocycles. The summed E-state index contributed by atoms with van der Waals surface area (Å²) in [5.41, 5.74) is 1.92. The molecular weight excluding hydrogens is 301 g/mol. The second-order valence-corrected chi connectivity index (χ2v) is 5.06. The normalized spacial score (nSPS) is 14.9. The Morgan fingerprint density at radius 1 is 0.600 bits per heavy atom. The van der Waals surface area contributed by atoms with Crippen molar-refractivity contribution in [1.82, 2.24) is 0 Å². The Morgan fingerprint density at radius 2 is 1.00 bits per heavy atom. The molecule has 2 aromatic rings. The molecule has 2 aliphatic rings. The molecule has 0 saturated heterocycles. The number of halogens is 2. The maximum absolute atomic E-state index is 5.77. The third-order valence-electron chi connectivity index (χ3n) is 3.10. The van der Waals surface area contributed by atoms with Crippen molar-refractivity contribution in [2.45, 2.75) is 0 Å². The fraction of sp³-hybridized carbons (Fsp3) is 0. The molecule has 2 aromatic carbocycles. The van der Waals surface area contributed by atoms with E-state index < -0.39 is 13.1 Å². The molecule has 0 saturated carbocycles. The predicted molar refractivity (Wildman–Crippen MR) is 77.6 cm³/mol. The molecule has 4 rings (SSSR count). The van der Waals surface area contributed by atoms with E-state index in [1.165, 1.54) is 0 Å². The Kier molecular flexibility index (Phi) is 2.69. The van der Waals surface area contributed by atoms with Crippen LogP contribution in [0.4, 0.5) is 0 Å².